The average molecular weight is 373 g/mol. The van der Waals surface area contributed by atoms with E-state index in [4.69, 9.17) is 9.84 Å². The second kappa shape index (κ2) is 7.09. The minimum Gasteiger partial charge on any atom is -0.490 e. The van der Waals surface area contributed by atoms with Gasteiger partial charge in [0.1, 0.15) is 11.8 Å². The Kier molecular flexibility index (Phi) is 4.63. The maximum absolute atomic E-state index is 11.8. The van der Waals surface area contributed by atoms with Gasteiger partial charge in [0.05, 0.1) is 6.10 Å². The van der Waals surface area contributed by atoms with E-state index in [-0.39, 0.29) is 17.9 Å². The fourth-order valence-electron chi connectivity index (χ4n) is 4.35. The highest BCUT2D eigenvalue weighted by molar-refractivity contribution is 6.01. The molecular weight excluding hydrogens is 350 g/mol. The van der Waals surface area contributed by atoms with Crippen LogP contribution in [0.2, 0.25) is 0 Å². The van der Waals surface area contributed by atoms with Crippen LogP contribution in [-0.4, -0.2) is 53.1 Å². The van der Waals surface area contributed by atoms with Crippen LogP contribution < -0.4 is 15.4 Å². The fourth-order valence-corrected chi connectivity index (χ4v) is 4.35. The highest BCUT2D eigenvalue weighted by Gasteiger charge is 2.43. The zero-order valence-electron chi connectivity index (χ0n) is 14.9. The Bertz CT molecular complexity index is 736. The number of fused-ring (bicyclic) bond motifs is 1. The van der Waals surface area contributed by atoms with Crippen molar-refractivity contribution in [1.29, 1.82) is 0 Å². The maximum atomic E-state index is 11.8. The molecular formula is C19H23N3O5. The molecule has 3 amide bonds. The van der Waals surface area contributed by atoms with Gasteiger partial charge < -0.3 is 20.1 Å². The van der Waals surface area contributed by atoms with E-state index in [0.717, 1.165) is 24.3 Å². The lowest BCUT2D eigenvalue weighted by Gasteiger charge is -2.23. The van der Waals surface area contributed by atoms with Crippen LogP contribution in [0.1, 0.15) is 25.7 Å². The van der Waals surface area contributed by atoms with E-state index >= 15 is 0 Å². The number of imide groups is 1. The number of benzene rings is 1. The van der Waals surface area contributed by atoms with Crippen LogP contribution in [0.25, 0.3) is 0 Å². The van der Waals surface area contributed by atoms with Crippen molar-refractivity contribution in [2.45, 2.75) is 37.8 Å². The number of anilines is 1. The van der Waals surface area contributed by atoms with Crippen LogP contribution >= 0.6 is 0 Å². The van der Waals surface area contributed by atoms with Crippen LogP contribution in [0.4, 0.5) is 10.5 Å². The molecule has 0 bridgehead atoms. The Morgan fingerprint density at radius 3 is 2.41 bits per heavy atom. The molecule has 0 aromatic heterocycles. The van der Waals surface area contributed by atoms with Gasteiger partial charge >= 0.3 is 6.09 Å². The monoisotopic (exact) mass is 373 g/mol. The second-order valence-electron chi connectivity index (χ2n) is 7.59. The molecule has 8 nitrogen and oxygen atoms in total. The standard InChI is InChI=1S/C19H23N3O5/c23-17-6-5-16(18(24)21-17)20-13-1-3-14(4-2-13)27-15-7-11-9-22(19(25)26)10-12(11)8-15/h1-4,11-12,15-16,20H,5-10H2,(H,25,26)(H,21,23,24)/t11-,12+,15-,16?. The number of piperidine rings is 1. The molecule has 3 aliphatic rings. The first-order valence-electron chi connectivity index (χ1n) is 9.33. The highest BCUT2D eigenvalue weighted by Crippen LogP contribution is 2.39. The third kappa shape index (κ3) is 3.84. The number of carbonyl (C=O) groups excluding carboxylic acids is 2. The molecule has 3 fully saturated rings. The van der Waals surface area contributed by atoms with Gasteiger partial charge in [0.2, 0.25) is 11.8 Å². The number of nitrogens with zero attached hydrogens (tertiary/aromatic N) is 1. The quantitative estimate of drug-likeness (QED) is 0.693. The van der Waals surface area contributed by atoms with Crippen LogP contribution in [0, 0.1) is 11.8 Å². The molecule has 0 radical (unpaired) electrons. The normalized spacial score (nSPS) is 30.0. The fraction of sp³-hybridized carbons (Fsp3) is 0.526. The first-order chi connectivity index (χ1) is 13.0. The lowest BCUT2D eigenvalue weighted by Crippen LogP contribution is -2.47. The lowest BCUT2D eigenvalue weighted by atomic mass is 10.0. The van der Waals surface area contributed by atoms with Crippen molar-refractivity contribution in [2.75, 3.05) is 18.4 Å². The summed E-state index contributed by atoms with van der Waals surface area (Å²) < 4.78 is 6.07. The number of ether oxygens (including phenoxy) is 1. The summed E-state index contributed by atoms with van der Waals surface area (Å²) in [5.74, 6) is 1.03. The summed E-state index contributed by atoms with van der Waals surface area (Å²) in [6.45, 7) is 1.21. The van der Waals surface area contributed by atoms with E-state index in [1.165, 1.54) is 4.90 Å². The van der Waals surface area contributed by atoms with E-state index in [9.17, 15) is 14.4 Å². The molecule has 4 rings (SSSR count). The molecule has 1 saturated carbocycles. The molecule has 2 aliphatic heterocycles. The van der Waals surface area contributed by atoms with Gasteiger partial charge in [0.25, 0.3) is 0 Å². The lowest BCUT2D eigenvalue weighted by molar-refractivity contribution is -0.133. The largest absolute Gasteiger partial charge is 0.490 e. The van der Waals surface area contributed by atoms with Gasteiger partial charge in [0.15, 0.2) is 0 Å². The zero-order chi connectivity index (χ0) is 19.0. The Balaban J connectivity index is 1.29. The first kappa shape index (κ1) is 17.6. The number of hydrogen-bond donors (Lipinski definition) is 3. The molecule has 3 N–H and O–H groups in total. The highest BCUT2D eigenvalue weighted by atomic mass is 16.5. The summed E-state index contributed by atoms with van der Waals surface area (Å²) >= 11 is 0. The molecule has 1 aliphatic carbocycles. The van der Waals surface area contributed by atoms with E-state index in [0.29, 0.717) is 37.8 Å². The molecule has 2 saturated heterocycles. The molecule has 144 valence electrons. The number of hydrogen-bond acceptors (Lipinski definition) is 5. The molecule has 2 heterocycles. The number of amides is 3. The maximum Gasteiger partial charge on any atom is 0.407 e. The third-order valence-electron chi connectivity index (χ3n) is 5.72. The summed E-state index contributed by atoms with van der Waals surface area (Å²) in [6, 6.07) is 7.06. The first-order valence-corrected chi connectivity index (χ1v) is 9.33. The summed E-state index contributed by atoms with van der Waals surface area (Å²) in [5, 5.41) is 14.6. The van der Waals surface area contributed by atoms with Crippen molar-refractivity contribution in [2.24, 2.45) is 11.8 Å². The topological polar surface area (TPSA) is 108 Å². The molecule has 0 spiro atoms. The van der Waals surface area contributed by atoms with Gasteiger partial charge in [-0.15, -0.1) is 0 Å². The summed E-state index contributed by atoms with van der Waals surface area (Å²) in [5.41, 5.74) is 0.803. The number of carboxylic acid groups (broad SMARTS) is 1. The van der Waals surface area contributed by atoms with Gasteiger partial charge in [-0.3, -0.25) is 14.9 Å². The van der Waals surface area contributed by atoms with E-state index in [2.05, 4.69) is 10.6 Å². The van der Waals surface area contributed by atoms with E-state index in [1.54, 1.807) is 0 Å². The van der Waals surface area contributed by atoms with Crippen LogP contribution in [0.15, 0.2) is 24.3 Å². The molecule has 1 aromatic carbocycles. The average Bonchev–Trinajstić information content (AvgIpc) is 3.17. The number of nitrogens with one attached hydrogen (secondary N) is 2. The molecule has 4 atom stereocenters. The summed E-state index contributed by atoms with van der Waals surface area (Å²) in [4.78, 5) is 35.6. The molecule has 8 heteroatoms. The van der Waals surface area contributed by atoms with Gasteiger partial charge in [-0.25, -0.2) is 4.79 Å². The minimum absolute atomic E-state index is 0.116. The predicted molar refractivity (Wildman–Crippen MR) is 96.5 cm³/mol. The van der Waals surface area contributed by atoms with Crippen LogP contribution in [-0.2, 0) is 9.59 Å². The zero-order valence-corrected chi connectivity index (χ0v) is 14.9. The van der Waals surface area contributed by atoms with Gasteiger partial charge in [-0.2, -0.15) is 0 Å². The van der Waals surface area contributed by atoms with E-state index < -0.39 is 12.1 Å². The molecule has 1 aromatic rings. The van der Waals surface area contributed by atoms with Crippen molar-refractivity contribution in [3.63, 3.8) is 0 Å². The SMILES string of the molecule is O=C1CCC(Nc2ccc(O[C@@H]3C[C@@H]4CN(C(=O)O)C[C@@H]4C3)cc2)C(=O)N1. The number of rotatable bonds is 4. The van der Waals surface area contributed by atoms with Gasteiger partial charge in [0, 0.05) is 25.2 Å². The van der Waals surface area contributed by atoms with E-state index in [1.807, 2.05) is 24.3 Å². The predicted octanol–water partition coefficient (Wildman–Crippen LogP) is 1.67. The Labute approximate surface area is 156 Å². The smallest absolute Gasteiger partial charge is 0.407 e. The second-order valence-corrected chi connectivity index (χ2v) is 7.59. The van der Waals surface area contributed by atoms with Crippen LogP contribution in [0.5, 0.6) is 5.75 Å². The third-order valence-corrected chi connectivity index (χ3v) is 5.72. The van der Waals surface area contributed by atoms with Gasteiger partial charge in [-0.05, 0) is 55.4 Å². The number of likely N-dealkylation sites (tertiary alicyclic amines) is 1. The minimum atomic E-state index is -0.832. The van der Waals surface area contributed by atoms with Crippen molar-refractivity contribution in [3.05, 3.63) is 24.3 Å². The van der Waals surface area contributed by atoms with Crippen molar-refractivity contribution in [1.82, 2.24) is 10.2 Å². The Morgan fingerprint density at radius 1 is 1.15 bits per heavy atom. The van der Waals surface area contributed by atoms with Crippen LogP contribution in [0.3, 0.4) is 0 Å². The van der Waals surface area contributed by atoms with Crippen molar-refractivity contribution < 1.29 is 24.2 Å². The summed E-state index contributed by atoms with van der Waals surface area (Å²) in [7, 11) is 0. The summed E-state index contributed by atoms with van der Waals surface area (Å²) in [6.07, 6.45) is 1.87. The van der Waals surface area contributed by atoms with Gasteiger partial charge in [-0.1, -0.05) is 0 Å². The Hall–Kier alpha value is -2.77. The molecule has 1 unspecified atom stereocenters. The van der Waals surface area contributed by atoms with Crippen molar-refractivity contribution in [3.8, 4) is 5.75 Å². The van der Waals surface area contributed by atoms with Crippen molar-refractivity contribution >= 4 is 23.6 Å². The Morgan fingerprint density at radius 2 is 1.81 bits per heavy atom. The number of carbonyl (C=O) groups is 3. The molecule has 27 heavy (non-hydrogen) atoms.